The highest BCUT2D eigenvalue weighted by Gasteiger charge is 2.13. The van der Waals surface area contributed by atoms with E-state index in [1.165, 1.54) is 4.70 Å². The van der Waals surface area contributed by atoms with Crippen LogP contribution in [0.4, 0.5) is 0 Å². The van der Waals surface area contributed by atoms with Gasteiger partial charge in [-0.15, -0.1) is 11.3 Å². The Labute approximate surface area is 146 Å². The lowest BCUT2D eigenvalue weighted by atomic mass is 10.3. The van der Waals surface area contributed by atoms with E-state index in [9.17, 15) is 4.79 Å². The smallest absolute Gasteiger partial charge is 0.408 e. The molecule has 0 aliphatic heterocycles. The number of hydrogen-bond acceptors (Lipinski definition) is 5. The molecule has 24 heavy (non-hydrogen) atoms. The normalized spacial score (nSPS) is 11.8. The fraction of sp³-hybridized carbons (Fsp3) is 0.176. The first-order valence-corrected chi connectivity index (χ1v) is 8.61. The molecule has 0 aliphatic rings. The number of benzene rings is 2. The molecular weight excluding hydrogens is 346 g/mol. The molecule has 0 spiro atoms. The molecule has 7 heteroatoms. The molecule has 0 saturated heterocycles. The van der Waals surface area contributed by atoms with E-state index in [0.29, 0.717) is 29.3 Å². The number of aromatic nitrogens is 2. The van der Waals surface area contributed by atoms with Crippen molar-refractivity contribution in [3.63, 3.8) is 0 Å². The zero-order valence-corrected chi connectivity index (χ0v) is 14.5. The topological polar surface area (TPSA) is 51.3 Å². The van der Waals surface area contributed by atoms with Gasteiger partial charge in [-0.05, 0) is 37.4 Å². The lowest BCUT2D eigenvalue weighted by Crippen LogP contribution is -2.27. The van der Waals surface area contributed by atoms with Crippen molar-refractivity contribution in [2.45, 2.75) is 13.2 Å². The van der Waals surface area contributed by atoms with Gasteiger partial charge in [-0.3, -0.25) is 9.47 Å². The van der Waals surface area contributed by atoms with Gasteiger partial charge in [0.25, 0.3) is 0 Å². The summed E-state index contributed by atoms with van der Waals surface area (Å²) in [6, 6.07) is 13.2. The maximum atomic E-state index is 12.1. The highest BCUT2D eigenvalue weighted by atomic mass is 35.5. The molecule has 122 valence electrons. The van der Waals surface area contributed by atoms with Crippen molar-refractivity contribution >= 4 is 44.3 Å². The van der Waals surface area contributed by atoms with E-state index in [1.54, 1.807) is 34.1 Å². The van der Waals surface area contributed by atoms with E-state index in [1.807, 2.05) is 30.1 Å². The van der Waals surface area contributed by atoms with Crippen LogP contribution in [0, 0.1) is 0 Å². The zero-order valence-electron chi connectivity index (χ0n) is 12.9. The minimum absolute atomic E-state index is 0.386. The molecule has 0 aliphatic carbocycles. The van der Waals surface area contributed by atoms with Crippen LogP contribution in [0.15, 0.2) is 51.7 Å². The number of hydrogen-bond donors (Lipinski definition) is 0. The molecule has 2 heterocycles. The van der Waals surface area contributed by atoms with Gasteiger partial charge in [0.1, 0.15) is 5.01 Å². The Morgan fingerprint density at radius 1 is 1.29 bits per heavy atom. The van der Waals surface area contributed by atoms with Crippen LogP contribution in [0.1, 0.15) is 5.01 Å². The number of nitrogens with zero attached hydrogens (tertiary/aromatic N) is 3. The average Bonchev–Trinajstić information content (AvgIpc) is 3.08. The molecule has 0 fully saturated rings. The Hall–Kier alpha value is -2.15. The fourth-order valence-electron chi connectivity index (χ4n) is 2.68. The number of para-hydroxylation sites is 1. The van der Waals surface area contributed by atoms with Gasteiger partial charge in [-0.2, -0.15) is 0 Å². The summed E-state index contributed by atoms with van der Waals surface area (Å²) in [5.41, 5.74) is 2.24. The van der Waals surface area contributed by atoms with Crippen LogP contribution < -0.4 is 5.76 Å². The van der Waals surface area contributed by atoms with Crippen molar-refractivity contribution in [3.8, 4) is 0 Å². The summed E-state index contributed by atoms with van der Waals surface area (Å²) < 4.78 is 8.01. The summed E-state index contributed by atoms with van der Waals surface area (Å²) >= 11 is 7.70. The maximum Gasteiger partial charge on any atom is 0.421 e. The Balaban J connectivity index is 1.59. The van der Waals surface area contributed by atoms with Crippen molar-refractivity contribution in [1.29, 1.82) is 0 Å². The van der Waals surface area contributed by atoms with Crippen molar-refractivity contribution < 1.29 is 4.42 Å². The predicted octanol–water partition coefficient (Wildman–Crippen LogP) is 3.95. The molecule has 0 amide bonds. The predicted molar refractivity (Wildman–Crippen MR) is 96.6 cm³/mol. The lowest BCUT2D eigenvalue weighted by Gasteiger charge is -2.15. The van der Waals surface area contributed by atoms with Crippen LogP contribution in [0.5, 0.6) is 0 Å². The van der Waals surface area contributed by atoms with Crippen molar-refractivity contribution in [2.24, 2.45) is 0 Å². The van der Waals surface area contributed by atoms with E-state index in [-0.39, 0.29) is 5.76 Å². The van der Waals surface area contributed by atoms with Gasteiger partial charge in [0.2, 0.25) is 0 Å². The van der Waals surface area contributed by atoms with Crippen molar-refractivity contribution in [2.75, 3.05) is 7.05 Å². The largest absolute Gasteiger partial charge is 0.421 e. The third-order valence-corrected chi connectivity index (χ3v) is 5.01. The van der Waals surface area contributed by atoms with Crippen molar-refractivity contribution in [3.05, 3.63) is 63.0 Å². The van der Waals surface area contributed by atoms with Crippen LogP contribution in [0.2, 0.25) is 5.02 Å². The maximum absolute atomic E-state index is 12.1. The molecule has 0 N–H and O–H groups in total. The number of fused-ring (bicyclic) bond motifs is 2. The van der Waals surface area contributed by atoms with Crippen LogP contribution in [0.25, 0.3) is 21.3 Å². The molecule has 0 atom stereocenters. The summed E-state index contributed by atoms with van der Waals surface area (Å²) in [6.45, 7) is 1.06. The highest BCUT2D eigenvalue weighted by molar-refractivity contribution is 7.18. The molecule has 0 radical (unpaired) electrons. The molecule has 0 saturated carbocycles. The number of halogens is 1. The first kappa shape index (κ1) is 15.4. The summed E-state index contributed by atoms with van der Waals surface area (Å²) in [4.78, 5) is 18.7. The molecule has 2 aromatic heterocycles. The standard InChI is InChI=1S/C17H14ClN3O2S/c1-20(9-16-19-12-4-2-3-5-15(12)24-16)10-21-13-8-11(18)6-7-14(13)23-17(21)22/h2-8H,9-10H2,1H3. The summed E-state index contributed by atoms with van der Waals surface area (Å²) in [7, 11) is 1.95. The molecule has 0 unspecified atom stereocenters. The molecule has 5 nitrogen and oxygen atoms in total. The zero-order chi connectivity index (χ0) is 16.7. The summed E-state index contributed by atoms with van der Waals surface area (Å²) in [6.07, 6.45) is 0. The molecule has 2 aromatic carbocycles. The van der Waals surface area contributed by atoms with Gasteiger partial charge in [-0.25, -0.2) is 9.78 Å². The first-order chi connectivity index (χ1) is 11.6. The van der Waals surface area contributed by atoms with Gasteiger partial charge < -0.3 is 4.42 Å². The van der Waals surface area contributed by atoms with E-state index in [0.717, 1.165) is 10.5 Å². The Kier molecular flexibility index (Phi) is 3.88. The van der Waals surface area contributed by atoms with Gasteiger partial charge >= 0.3 is 5.76 Å². The van der Waals surface area contributed by atoms with Gasteiger partial charge in [-0.1, -0.05) is 23.7 Å². The van der Waals surface area contributed by atoms with Gasteiger partial charge in [0.15, 0.2) is 5.58 Å². The third-order valence-electron chi connectivity index (χ3n) is 3.76. The minimum atomic E-state index is -0.386. The molecule has 4 aromatic rings. The lowest BCUT2D eigenvalue weighted by molar-refractivity contribution is 0.253. The number of rotatable bonds is 4. The van der Waals surface area contributed by atoms with E-state index >= 15 is 0 Å². The number of oxazole rings is 1. The second kappa shape index (κ2) is 6.05. The van der Waals surface area contributed by atoms with Gasteiger partial charge in [0.05, 0.1) is 28.9 Å². The minimum Gasteiger partial charge on any atom is -0.408 e. The van der Waals surface area contributed by atoms with Crippen LogP contribution in [0.3, 0.4) is 0 Å². The highest BCUT2D eigenvalue weighted by Crippen LogP contribution is 2.23. The first-order valence-electron chi connectivity index (χ1n) is 7.42. The Bertz CT molecular complexity index is 1050. The van der Waals surface area contributed by atoms with Crippen LogP contribution >= 0.6 is 22.9 Å². The van der Waals surface area contributed by atoms with Crippen LogP contribution in [-0.4, -0.2) is 21.5 Å². The monoisotopic (exact) mass is 359 g/mol. The third kappa shape index (κ3) is 2.84. The summed E-state index contributed by atoms with van der Waals surface area (Å²) in [5.74, 6) is -0.386. The summed E-state index contributed by atoms with van der Waals surface area (Å²) in [5, 5.41) is 1.59. The Morgan fingerprint density at radius 2 is 2.12 bits per heavy atom. The SMILES string of the molecule is CN(Cc1nc2ccccc2s1)Cn1c(=O)oc2ccc(Cl)cc21. The van der Waals surface area contributed by atoms with Crippen LogP contribution in [-0.2, 0) is 13.2 Å². The van der Waals surface area contributed by atoms with E-state index < -0.39 is 0 Å². The Morgan fingerprint density at radius 3 is 2.96 bits per heavy atom. The van der Waals surface area contributed by atoms with Gasteiger partial charge in [0, 0.05) is 5.02 Å². The van der Waals surface area contributed by atoms with Crippen molar-refractivity contribution in [1.82, 2.24) is 14.5 Å². The number of thiazole rings is 1. The average molecular weight is 360 g/mol. The second-order valence-electron chi connectivity index (χ2n) is 5.64. The molecule has 4 rings (SSSR count). The quantitative estimate of drug-likeness (QED) is 0.553. The molecule has 0 bridgehead atoms. The fourth-order valence-corrected chi connectivity index (χ4v) is 3.89. The molecular formula is C17H14ClN3O2S. The second-order valence-corrected chi connectivity index (χ2v) is 7.19. The van der Waals surface area contributed by atoms with E-state index in [4.69, 9.17) is 16.0 Å². The van der Waals surface area contributed by atoms with E-state index in [2.05, 4.69) is 11.1 Å².